The van der Waals surface area contributed by atoms with E-state index in [9.17, 15) is 4.79 Å². The molecule has 12 nitrogen and oxygen atoms in total. The van der Waals surface area contributed by atoms with Crippen molar-refractivity contribution in [3.63, 3.8) is 0 Å². The fourth-order valence-electron chi connectivity index (χ4n) is 3.39. The third-order valence-electron chi connectivity index (χ3n) is 4.97. The number of quaternary nitrogens is 1. The average molecular weight is 426 g/mol. The van der Waals surface area contributed by atoms with Gasteiger partial charge in [-0.05, 0) is 16.4 Å². The van der Waals surface area contributed by atoms with E-state index in [0.717, 1.165) is 31.8 Å². The summed E-state index contributed by atoms with van der Waals surface area (Å²) in [6.45, 7) is 2.88. The summed E-state index contributed by atoms with van der Waals surface area (Å²) < 4.78 is 11.0. The molecule has 0 bridgehead atoms. The van der Waals surface area contributed by atoms with Crippen LogP contribution in [0.4, 0.5) is 5.82 Å². The van der Waals surface area contributed by atoms with E-state index in [1.54, 1.807) is 0 Å². The molecule has 162 valence electrons. The second kappa shape index (κ2) is 9.36. The van der Waals surface area contributed by atoms with Gasteiger partial charge in [0.2, 0.25) is 11.6 Å². The predicted octanol–water partition coefficient (Wildman–Crippen LogP) is -1.01. The van der Waals surface area contributed by atoms with Crippen molar-refractivity contribution in [1.29, 1.82) is 0 Å². The number of carbonyl (C=O) groups is 1. The van der Waals surface area contributed by atoms with Crippen molar-refractivity contribution in [1.82, 2.24) is 36.2 Å². The number of hydrogen-bond donors (Lipinski definition) is 4. The number of methoxy groups -OCH3 is 1. The maximum atomic E-state index is 12.7. The number of rotatable bonds is 8. The topological polar surface area (TPSA) is 150 Å². The molecule has 2 aromatic heterocycles. The summed E-state index contributed by atoms with van der Waals surface area (Å²) in [4.78, 5) is 14.2. The summed E-state index contributed by atoms with van der Waals surface area (Å²) >= 11 is 0. The van der Waals surface area contributed by atoms with Crippen molar-refractivity contribution < 1.29 is 19.1 Å². The fourth-order valence-corrected chi connectivity index (χ4v) is 3.39. The molecule has 12 heteroatoms. The zero-order valence-electron chi connectivity index (χ0n) is 17.0. The Labute approximate surface area is 178 Å². The highest BCUT2D eigenvalue weighted by Crippen LogP contribution is 2.16. The van der Waals surface area contributed by atoms with Crippen LogP contribution >= 0.6 is 0 Å². The van der Waals surface area contributed by atoms with Gasteiger partial charge in [-0.1, -0.05) is 35.5 Å². The van der Waals surface area contributed by atoms with E-state index < -0.39 is 5.91 Å². The Balaban J connectivity index is 1.37. The Kier molecular flexibility index (Phi) is 6.19. The molecule has 1 atom stereocenters. The van der Waals surface area contributed by atoms with Crippen molar-refractivity contribution in [3.05, 3.63) is 59.1 Å². The maximum absolute atomic E-state index is 12.7. The van der Waals surface area contributed by atoms with Gasteiger partial charge in [0.15, 0.2) is 5.69 Å². The Hall–Kier alpha value is -3.77. The first-order chi connectivity index (χ1) is 15.2. The van der Waals surface area contributed by atoms with E-state index in [1.165, 1.54) is 22.3 Å². The number of benzene rings is 1. The molecule has 1 amide bonds. The molecule has 1 unspecified atom stereocenters. The van der Waals surface area contributed by atoms with Gasteiger partial charge in [0.1, 0.15) is 12.2 Å². The second-order valence-electron chi connectivity index (χ2n) is 7.13. The number of nitrogens with zero attached hydrogens (tertiary/aromatic N) is 5. The van der Waals surface area contributed by atoms with Gasteiger partial charge in [-0.15, -0.1) is 5.10 Å². The van der Waals surface area contributed by atoms with Crippen LogP contribution in [0.2, 0.25) is 0 Å². The number of aromatic nitrogens is 5. The number of hydrazine groups is 1. The lowest BCUT2D eigenvalue weighted by molar-refractivity contribution is -0.909. The first kappa shape index (κ1) is 20.5. The fraction of sp³-hybridized carbons (Fsp3) is 0.316. The molecule has 1 aliphatic heterocycles. The lowest BCUT2D eigenvalue weighted by Crippen LogP contribution is -3.11. The Morgan fingerprint density at radius 3 is 2.84 bits per heavy atom. The van der Waals surface area contributed by atoms with E-state index >= 15 is 0 Å². The number of carbonyl (C=O) groups excluding carboxylic acids is 1. The minimum absolute atomic E-state index is 0.0299. The minimum atomic E-state index is -0.451. The van der Waals surface area contributed by atoms with Crippen LogP contribution in [0.1, 0.15) is 28.2 Å². The standard InChI is InChI=1S/C19H23N9O3/c1-30-12-15-16(22-26-28(15)18-17(20)24-31-25-18)19(29)23-21-14-7-9-27(10-8-14)11-13-5-3-2-4-6-13/h2-7,21H,8-12H2,1H3,(H2,20,24)(H,23,29)/p+1. The van der Waals surface area contributed by atoms with Crippen LogP contribution < -0.4 is 21.5 Å². The zero-order valence-corrected chi connectivity index (χ0v) is 17.0. The molecule has 1 aliphatic rings. The minimum Gasteiger partial charge on any atom is -0.378 e. The van der Waals surface area contributed by atoms with Gasteiger partial charge in [0.05, 0.1) is 19.7 Å². The summed E-state index contributed by atoms with van der Waals surface area (Å²) in [6, 6.07) is 10.4. The summed E-state index contributed by atoms with van der Waals surface area (Å²) in [5.74, 6) is -0.279. The zero-order chi connectivity index (χ0) is 21.6. The first-order valence-electron chi connectivity index (χ1n) is 9.80. The number of nitrogens with two attached hydrogens (primary N) is 1. The summed E-state index contributed by atoms with van der Waals surface area (Å²) in [5, 5.41) is 15.1. The molecular formula is C19H24N9O3+. The van der Waals surface area contributed by atoms with Crippen molar-refractivity contribution in [3.8, 4) is 5.82 Å². The summed E-state index contributed by atoms with van der Waals surface area (Å²) in [5.41, 5.74) is 14.1. The van der Waals surface area contributed by atoms with E-state index in [4.69, 9.17) is 10.5 Å². The highest BCUT2D eigenvalue weighted by Gasteiger charge is 2.24. The molecule has 0 saturated heterocycles. The van der Waals surface area contributed by atoms with Gasteiger partial charge >= 0.3 is 0 Å². The van der Waals surface area contributed by atoms with Gasteiger partial charge in [-0.2, -0.15) is 4.68 Å². The van der Waals surface area contributed by atoms with Crippen LogP contribution in [0.5, 0.6) is 0 Å². The molecule has 3 aromatic rings. The molecule has 4 rings (SSSR count). The van der Waals surface area contributed by atoms with Crippen LogP contribution in [0.25, 0.3) is 5.82 Å². The number of ether oxygens (including phenoxy) is 1. The highest BCUT2D eigenvalue weighted by molar-refractivity contribution is 5.93. The Bertz CT molecular complexity index is 1060. The molecule has 3 heterocycles. The molecular weight excluding hydrogens is 402 g/mol. The van der Waals surface area contributed by atoms with Crippen LogP contribution in [0.15, 0.2) is 46.7 Å². The third-order valence-corrected chi connectivity index (χ3v) is 4.97. The largest absolute Gasteiger partial charge is 0.378 e. The predicted molar refractivity (Wildman–Crippen MR) is 108 cm³/mol. The van der Waals surface area contributed by atoms with E-state index in [0.29, 0.717) is 5.69 Å². The maximum Gasteiger partial charge on any atom is 0.292 e. The Morgan fingerprint density at radius 2 is 2.16 bits per heavy atom. The van der Waals surface area contributed by atoms with E-state index in [2.05, 4.69) is 66.4 Å². The normalized spacial score (nSPS) is 16.0. The molecule has 0 spiro atoms. The number of anilines is 1. The number of nitrogen functional groups attached to an aromatic ring is 1. The van der Waals surface area contributed by atoms with Crippen LogP contribution in [0.3, 0.4) is 0 Å². The van der Waals surface area contributed by atoms with Crippen LogP contribution in [-0.4, -0.2) is 51.4 Å². The molecule has 0 aliphatic carbocycles. The van der Waals surface area contributed by atoms with E-state index in [-0.39, 0.29) is 23.9 Å². The van der Waals surface area contributed by atoms with Crippen molar-refractivity contribution in [2.45, 2.75) is 19.6 Å². The Morgan fingerprint density at radius 1 is 1.32 bits per heavy atom. The SMILES string of the molecule is COCc1c(C(=O)NNC2=CC[NH+](Cc3ccccc3)CC2)nnn1-c1nonc1N. The van der Waals surface area contributed by atoms with Gasteiger partial charge < -0.3 is 20.8 Å². The van der Waals surface area contributed by atoms with Gasteiger partial charge in [-0.3, -0.25) is 10.2 Å². The van der Waals surface area contributed by atoms with Gasteiger partial charge in [0.25, 0.3) is 5.91 Å². The van der Waals surface area contributed by atoms with E-state index in [1.807, 2.05) is 6.07 Å². The molecule has 0 saturated carbocycles. The lowest BCUT2D eigenvalue weighted by atomic mass is 10.1. The third kappa shape index (κ3) is 4.70. The second-order valence-corrected chi connectivity index (χ2v) is 7.13. The van der Waals surface area contributed by atoms with Gasteiger partial charge in [-0.25, -0.2) is 4.63 Å². The first-order valence-corrected chi connectivity index (χ1v) is 9.80. The average Bonchev–Trinajstić information content (AvgIpc) is 3.40. The van der Waals surface area contributed by atoms with Crippen molar-refractivity contribution in [2.75, 3.05) is 25.9 Å². The molecule has 5 N–H and O–H groups in total. The van der Waals surface area contributed by atoms with Crippen molar-refractivity contribution in [2.24, 2.45) is 0 Å². The summed E-state index contributed by atoms with van der Waals surface area (Å²) in [6.07, 6.45) is 2.91. The number of hydrogen-bond acceptors (Lipinski definition) is 9. The van der Waals surface area contributed by atoms with Crippen LogP contribution in [0, 0.1) is 0 Å². The highest BCUT2D eigenvalue weighted by atomic mass is 16.6. The summed E-state index contributed by atoms with van der Waals surface area (Å²) in [7, 11) is 1.50. The molecule has 0 radical (unpaired) electrons. The molecule has 31 heavy (non-hydrogen) atoms. The molecule has 1 aromatic carbocycles. The monoisotopic (exact) mass is 426 g/mol. The number of amides is 1. The quantitative estimate of drug-likeness (QED) is 0.332. The lowest BCUT2D eigenvalue weighted by Gasteiger charge is -2.24. The molecule has 0 fully saturated rings. The number of nitrogens with one attached hydrogen (secondary N) is 3. The smallest absolute Gasteiger partial charge is 0.292 e. The van der Waals surface area contributed by atoms with Crippen LogP contribution in [-0.2, 0) is 17.9 Å². The van der Waals surface area contributed by atoms with Gasteiger partial charge in [0, 0.05) is 24.8 Å². The van der Waals surface area contributed by atoms with Crippen molar-refractivity contribution >= 4 is 11.7 Å².